The lowest BCUT2D eigenvalue weighted by Gasteiger charge is -2.19. The van der Waals surface area contributed by atoms with Crippen LogP contribution in [0.1, 0.15) is 34.1 Å². The number of aromatic nitrogens is 2. The quantitative estimate of drug-likeness (QED) is 0.776. The molecule has 1 amide bonds. The Morgan fingerprint density at radius 2 is 2.16 bits per heavy atom. The van der Waals surface area contributed by atoms with E-state index in [0.29, 0.717) is 6.54 Å². The Labute approximate surface area is 114 Å². The van der Waals surface area contributed by atoms with Gasteiger partial charge in [-0.15, -0.1) is 0 Å². The zero-order valence-electron chi connectivity index (χ0n) is 12.2. The topological polar surface area (TPSA) is 68.2 Å². The molecule has 1 aromatic heterocycles. The molecule has 0 unspecified atom stereocenters. The SMILES string of the molecule is CCn1ccnc1NCCCNC(=O)OC(C)(C)C. The van der Waals surface area contributed by atoms with E-state index in [2.05, 4.69) is 22.5 Å². The van der Waals surface area contributed by atoms with Crippen LogP contribution in [0.3, 0.4) is 0 Å². The third-order valence-corrected chi connectivity index (χ3v) is 2.36. The van der Waals surface area contributed by atoms with Crippen molar-refractivity contribution < 1.29 is 9.53 Å². The second kappa shape index (κ2) is 7.01. The molecule has 6 nitrogen and oxygen atoms in total. The molecule has 0 fully saturated rings. The summed E-state index contributed by atoms with van der Waals surface area (Å²) in [6, 6.07) is 0. The van der Waals surface area contributed by atoms with Gasteiger partial charge in [-0.05, 0) is 34.1 Å². The van der Waals surface area contributed by atoms with Gasteiger partial charge in [-0.3, -0.25) is 0 Å². The molecular weight excluding hydrogens is 244 g/mol. The van der Waals surface area contributed by atoms with Crippen LogP contribution in [0.15, 0.2) is 12.4 Å². The minimum atomic E-state index is -0.450. The predicted molar refractivity (Wildman–Crippen MR) is 75.2 cm³/mol. The molecule has 0 radical (unpaired) electrons. The van der Waals surface area contributed by atoms with E-state index < -0.39 is 5.60 Å². The largest absolute Gasteiger partial charge is 0.444 e. The summed E-state index contributed by atoms with van der Waals surface area (Å²) in [6.45, 7) is 9.83. The first-order chi connectivity index (χ1) is 8.92. The number of rotatable bonds is 6. The van der Waals surface area contributed by atoms with Crippen LogP contribution in [0.5, 0.6) is 0 Å². The zero-order valence-corrected chi connectivity index (χ0v) is 12.2. The van der Waals surface area contributed by atoms with Gasteiger partial charge in [0, 0.05) is 32.0 Å². The molecule has 108 valence electrons. The Bertz CT molecular complexity index is 396. The van der Waals surface area contributed by atoms with Crippen LogP contribution in [-0.4, -0.2) is 34.3 Å². The second-order valence-electron chi connectivity index (χ2n) is 5.25. The summed E-state index contributed by atoms with van der Waals surface area (Å²) in [4.78, 5) is 15.6. The van der Waals surface area contributed by atoms with E-state index in [4.69, 9.17) is 4.74 Å². The van der Waals surface area contributed by atoms with E-state index in [1.165, 1.54) is 0 Å². The summed E-state index contributed by atoms with van der Waals surface area (Å²) < 4.78 is 7.17. The number of aryl methyl sites for hydroxylation is 1. The van der Waals surface area contributed by atoms with Crippen molar-refractivity contribution in [3.8, 4) is 0 Å². The molecule has 1 heterocycles. The third-order valence-electron chi connectivity index (χ3n) is 2.36. The van der Waals surface area contributed by atoms with Crippen molar-refractivity contribution in [1.29, 1.82) is 0 Å². The van der Waals surface area contributed by atoms with Crippen LogP contribution >= 0.6 is 0 Å². The van der Waals surface area contributed by atoms with Crippen molar-refractivity contribution in [3.05, 3.63) is 12.4 Å². The first kappa shape index (κ1) is 15.3. The number of hydrogen-bond donors (Lipinski definition) is 2. The lowest BCUT2D eigenvalue weighted by atomic mass is 10.2. The van der Waals surface area contributed by atoms with Gasteiger partial charge < -0.3 is 19.9 Å². The van der Waals surface area contributed by atoms with E-state index >= 15 is 0 Å². The maximum Gasteiger partial charge on any atom is 0.407 e. The van der Waals surface area contributed by atoms with Gasteiger partial charge in [0.2, 0.25) is 5.95 Å². The number of carbonyl (C=O) groups is 1. The number of nitrogens with one attached hydrogen (secondary N) is 2. The van der Waals surface area contributed by atoms with Gasteiger partial charge in [0.05, 0.1) is 0 Å². The molecule has 0 saturated carbocycles. The Hall–Kier alpha value is -1.72. The lowest BCUT2D eigenvalue weighted by molar-refractivity contribution is 0.0528. The summed E-state index contributed by atoms with van der Waals surface area (Å²) in [7, 11) is 0. The minimum Gasteiger partial charge on any atom is -0.444 e. The molecule has 0 bridgehead atoms. The summed E-state index contributed by atoms with van der Waals surface area (Å²) in [5.74, 6) is 0.861. The van der Waals surface area contributed by atoms with Crippen LogP contribution in [-0.2, 0) is 11.3 Å². The minimum absolute atomic E-state index is 0.373. The van der Waals surface area contributed by atoms with E-state index in [0.717, 1.165) is 25.5 Å². The molecule has 19 heavy (non-hydrogen) atoms. The first-order valence-electron chi connectivity index (χ1n) is 6.64. The van der Waals surface area contributed by atoms with Crippen LogP contribution in [0.4, 0.5) is 10.7 Å². The van der Waals surface area contributed by atoms with Crippen LogP contribution in [0.25, 0.3) is 0 Å². The van der Waals surface area contributed by atoms with E-state index in [9.17, 15) is 4.79 Å². The number of alkyl carbamates (subject to hydrolysis) is 1. The summed E-state index contributed by atoms with van der Waals surface area (Å²) in [5, 5.41) is 5.95. The van der Waals surface area contributed by atoms with E-state index in [1.807, 2.05) is 31.5 Å². The van der Waals surface area contributed by atoms with E-state index in [1.54, 1.807) is 6.20 Å². The van der Waals surface area contributed by atoms with Gasteiger partial charge >= 0.3 is 6.09 Å². The standard InChI is InChI=1S/C13H24N4O2/c1-5-17-10-9-15-11(17)14-7-6-8-16-12(18)19-13(2,3)4/h9-10H,5-8H2,1-4H3,(H,14,15)(H,16,18). The van der Waals surface area contributed by atoms with Gasteiger partial charge in [0.25, 0.3) is 0 Å². The van der Waals surface area contributed by atoms with Crippen molar-refractivity contribution in [3.63, 3.8) is 0 Å². The molecule has 0 aliphatic rings. The molecule has 0 aromatic carbocycles. The number of amides is 1. The highest BCUT2D eigenvalue weighted by Gasteiger charge is 2.15. The highest BCUT2D eigenvalue weighted by molar-refractivity contribution is 5.67. The number of ether oxygens (including phenoxy) is 1. The Morgan fingerprint density at radius 3 is 2.79 bits per heavy atom. The highest BCUT2D eigenvalue weighted by atomic mass is 16.6. The molecule has 6 heteroatoms. The maximum absolute atomic E-state index is 11.4. The van der Waals surface area contributed by atoms with Gasteiger partial charge in [0.15, 0.2) is 0 Å². The Kier molecular flexibility index (Phi) is 5.66. The number of hydrogen-bond acceptors (Lipinski definition) is 4. The fraction of sp³-hybridized carbons (Fsp3) is 0.692. The third kappa shape index (κ3) is 6.13. The molecule has 0 atom stereocenters. The Balaban J connectivity index is 2.13. The fourth-order valence-electron chi connectivity index (χ4n) is 1.52. The monoisotopic (exact) mass is 268 g/mol. The van der Waals surface area contributed by atoms with Gasteiger partial charge in [-0.1, -0.05) is 0 Å². The zero-order chi connectivity index (χ0) is 14.3. The van der Waals surface area contributed by atoms with Crippen LogP contribution in [0, 0.1) is 0 Å². The lowest BCUT2D eigenvalue weighted by Crippen LogP contribution is -2.33. The van der Waals surface area contributed by atoms with Gasteiger partial charge in [0.1, 0.15) is 5.60 Å². The van der Waals surface area contributed by atoms with Gasteiger partial charge in [-0.2, -0.15) is 0 Å². The van der Waals surface area contributed by atoms with Gasteiger partial charge in [-0.25, -0.2) is 9.78 Å². The molecule has 0 aliphatic heterocycles. The number of anilines is 1. The molecular formula is C13H24N4O2. The maximum atomic E-state index is 11.4. The van der Waals surface area contributed by atoms with E-state index in [-0.39, 0.29) is 6.09 Å². The van der Waals surface area contributed by atoms with Crippen LogP contribution < -0.4 is 10.6 Å². The fourth-order valence-corrected chi connectivity index (χ4v) is 1.52. The molecule has 2 N–H and O–H groups in total. The predicted octanol–water partition coefficient (Wildman–Crippen LogP) is 2.23. The average Bonchev–Trinajstić information content (AvgIpc) is 2.73. The highest BCUT2D eigenvalue weighted by Crippen LogP contribution is 2.06. The second-order valence-corrected chi connectivity index (χ2v) is 5.25. The molecule has 1 rings (SSSR count). The van der Waals surface area contributed by atoms with Crippen LogP contribution in [0.2, 0.25) is 0 Å². The number of nitrogens with zero attached hydrogens (tertiary/aromatic N) is 2. The molecule has 0 aliphatic carbocycles. The van der Waals surface area contributed by atoms with Crippen molar-refractivity contribution >= 4 is 12.0 Å². The molecule has 1 aromatic rings. The first-order valence-corrected chi connectivity index (χ1v) is 6.64. The number of carbonyl (C=O) groups excluding carboxylic acids is 1. The normalized spacial score (nSPS) is 11.2. The summed E-state index contributed by atoms with van der Waals surface area (Å²) in [5.41, 5.74) is -0.450. The van der Waals surface area contributed by atoms with Crippen molar-refractivity contribution in [1.82, 2.24) is 14.9 Å². The van der Waals surface area contributed by atoms with Crippen molar-refractivity contribution in [2.45, 2.75) is 46.3 Å². The smallest absolute Gasteiger partial charge is 0.407 e. The average molecular weight is 268 g/mol. The van der Waals surface area contributed by atoms with Crippen molar-refractivity contribution in [2.75, 3.05) is 18.4 Å². The van der Waals surface area contributed by atoms with Crippen molar-refractivity contribution in [2.24, 2.45) is 0 Å². The summed E-state index contributed by atoms with van der Waals surface area (Å²) in [6.07, 6.45) is 4.14. The number of imidazole rings is 1. The summed E-state index contributed by atoms with van der Waals surface area (Å²) >= 11 is 0. The molecule has 0 spiro atoms. The Morgan fingerprint density at radius 1 is 1.42 bits per heavy atom. The molecule has 0 saturated heterocycles.